The molecule has 0 fully saturated rings. The van der Waals surface area contributed by atoms with Gasteiger partial charge >= 0.3 is 0 Å². The standard InChI is InChI=1S/C27H17BrN4O/c28-19-7-5-6-17(14-19)16-29-32-27-30-23-10-3-1-9-22(23)26(31-27)18-12-13-21-20-8-2-4-11-24(20)33-25(21)15-18/h1-16H,(H,30,31,32)/b29-16+. The summed E-state index contributed by atoms with van der Waals surface area (Å²) in [6.45, 7) is 0. The van der Waals surface area contributed by atoms with E-state index in [0.29, 0.717) is 5.95 Å². The number of aromatic nitrogens is 2. The molecule has 0 radical (unpaired) electrons. The van der Waals surface area contributed by atoms with Crippen molar-refractivity contribution in [3.63, 3.8) is 0 Å². The van der Waals surface area contributed by atoms with Gasteiger partial charge in [-0.1, -0.05) is 70.5 Å². The fraction of sp³-hybridized carbons (Fsp3) is 0. The number of anilines is 1. The van der Waals surface area contributed by atoms with E-state index in [9.17, 15) is 0 Å². The van der Waals surface area contributed by atoms with Crippen LogP contribution in [0.25, 0.3) is 44.1 Å². The van der Waals surface area contributed by atoms with Crippen molar-refractivity contribution in [1.82, 2.24) is 9.97 Å². The lowest BCUT2D eigenvalue weighted by molar-refractivity contribution is 0.669. The first-order valence-electron chi connectivity index (χ1n) is 10.5. The molecule has 0 aliphatic rings. The zero-order valence-electron chi connectivity index (χ0n) is 17.4. The van der Waals surface area contributed by atoms with Crippen LogP contribution in [0.15, 0.2) is 105 Å². The maximum Gasteiger partial charge on any atom is 0.244 e. The Morgan fingerprint density at radius 2 is 1.58 bits per heavy atom. The van der Waals surface area contributed by atoms with Crippen LogP contribution in [0.1, 0.15) is 5.56 Å². The molecule has 2 aromatic heterocycles. The molecule has 33 heavy (non-hydrogen) atoms. The molecule has 0 aliphatic heterocycles. The van der Waals surface area contributed by atoms with Gasteiger partial charge < -0.3 is 4.42 Å². The van der Waals surface area contributed by atoms with Crippen molar-refractivity contribution >= 4 is 60.9 Å². The van der Waals surface area contributed by atoms with E-state index in [1.165, 1.54) is 0 Å². The van der Waals surface area contributed by atoms with Gasteiger partial charge in [-0.2, -0.15) is 5.10 Å². The molecule has 0 atom stereocenters. The van der Waals surface area contributed by atoms with Gasteiger partial charge in [0.05, 0.1) is 17.4 Å². The maximum absolute atomic E-state index is 6.09. The van der Waals surface area contributed by atoms with Crippen LogP contribution < -0.4 is 5.43 Å². The van der Waals surface area contributed by atoms with Crippen molar-refractivity contribution in [1.29, 1.82) is 0 Å². The quantitative estimate of drug-likeness (QED) is 0.205. The molecule has 4 aromatic carbocycles. The molecule has 0 amide bonds. The van der Waals surface area contributed by atoms with E-state index in [1.807, 2.05) is 72.8 Å². The lowest BCUT2D eigenvalue weighted by Gasteiger charge is -2.08. The fourth-order valence-corrected chi connectivity index (χ4v) is 4.39. The van der Waals surface area contributed by atoms with Gasteiger partial charge in [0.25, 0.3) is 0 Å². The SMILES string of the molecule is Brc1cccc(/C=N/Nc2nc(-c3ccc4c(c3)oc3ccccc34)c3ccccc3n2)c1. The molecule has 2 heterocycles. The van der Waals surface area contributed by atoms with E-state index in [0.717, 1.165) is 54.1 Å². The summed E-state index contributed by atoms with van der Waals surface area (Å²) < 4.78 is 7.09. The van der Waals surface area contributed by atoms with Crippen LogP contribution in [-0.2, 0) is 0 Å². The van der Waals surface area contributed by atoms with Crippen molar-refractivity contribution < 1.29 is 4.42 Å². The van der Waals surface area contributed by atoms with E-state index < -0.39 is 0 Å². The van der Waals surface area contributed by atoms with Crippen molar-refractivity contribution in [3.05, 3.63) is 101 Å². The van der Waals surface area contributed by atoms with Gasteiger partial charge in [-0.25, -0.2) is 15.4 Å². The van der Waals surface area contributed by atoms with E-state index in [1.54, 1.807) is 6.21 Å². The number of hydrazone groups is 1. The summed E-state index contributed by atoms with van der Waals surface area (Å²) in [5, 5.41) is 7.50. The van der Waals surface area contributed by atoms with Gasteiger partial charge in [-0.15, -0.1) is 0 Å². The Morgan fingerprint density at radius 1 is 0.758 bits per heavy atom. The lowest BCUT2D eigenvalue weighted by Crippen LogP contribution is -1.99. The molecule has 5 nitrogen and oxygen atoms in total. The predicted molar refractivity (Wildman–Crippen MR) is 138 cm³/mol. The van der Waals surface area contributed by atoms with Crippen molar-refractivity contribution in [3.8, 4) is 11.3 Å². The molecule has 6 aromatic rings. The molecule has 0 aliphatic carbocycles. The third kappa shape index (κ3) is 3.75. The maximum atomic E-state index is 6.09. The van der Waals surface area contributed by atoms with Gasteiger partial charge in [0.15, 0.2) is 0 Å². The largest absolute Gasteiger partial charge is 0.456 e. The number of nitrogens with one attached hydrogen (secondary N) is 1. The summed E-state index contributed by atoms with van der Waals surface area (Å²) in [4.78, 5) is 9.43. The topological polar surface area (TPSA) is 63.3 Å². The molecule has 0 spiro atoms. The first-order valence-corrected chi connectivity index (χ1v) is 11.3. The number of nitrogens with zero attached hydrogens (tertiary/aromatic N) is 3. The smallest absolute Gasteiger partial charge is 0.244 e. The minimum atomic E-state index is 0.430. The van der Waals surface area contributed by atoms with Gasteiger partial charge in [-0.05, 0) is 42.0 Å². The highest BCUT2D eigenvalue weighted by molar-refractivity contribution is 9.10. The average Bonchev–Trinajstić information content (AvgIpc) is 3.21. The molecular weight excluding hydrogens is 476 g/mol. The van der Waals surface area contributed by atoms with Crippen LogP contribution in [0, 0.1) is 0 Å². The molecule has 6 heteroatoms. The van der Waals surface area contributed by atoms with Crippen LogP contribution in [0.5, 0.6) is 0 Å². The van der Waals surface area contributed by atoms with E-state index in [2.05, 4.69) is 49.6 Å². The molecule has 0 saturated carbocycles. The summed E-state index contributed by atoms with van der Waals surface area (Å²) in [5.41, 5.74) is 8.28. The van der Waals surface area contributed by atoms with Crippen LogP contribution in [0.2, 0.25) is 0 Å². The minimum absolute atomic E-state index is 0.430. The average molecular weight is 493 g/mol. The molecule has 6 rings (SSSR count). The Morgan fingerprint density at radius 3 is 2.48 bits per heavy atom. The number of furan rings is 1. The third-order valence-electron chi connectivity index (χ3n) is 5.48. The summed E-state index contributed by atoms with van der Waals surface area (Å²) in [6.07, 6.45) is 1.74. The summed E-state index contributed by atoms with van der Waals surface area (Å²) in [6, 6.07) is 30.1. The second-order valence-electron chi connectivity index (χ2n) is 7.65. The van der Waals surface area contributed by atoms with Crippen molar-refractivity contribution in [2.75, 3.05) is 5.43 Å². The number of para-hydroxylation sites is 2. The Balaban J connectivity index is 1.43. The second-order valence-corrected chi connectivity index (χ2v) is 8.56. The summed E-state index contributed by atoms with van der Waals surface area (Å²) in [5.74, 6) is 0.430. The monoisotopic (exact) mass is 492 g/mol. The summed E-state index contributed by atoms with van der Waals surface area (Å²) >= 11 is 3.48. The number of fused-ring (bicyclic) bond motifs is 4. The first-order chi connectivity index (χ1) is 16.2. The number of halogens is 1. The van der Waals surface area contributed by atoms with Gasteiger partial charge in [-0.3, -0.25) is 0 Å². The van der Waals surface area contributed by atoms with E-state index in [4.69, 9.17) is 9.40 Å². The molecular formula is C27H17BrN4O. The van der Waals surface area contributed by atoms with E-state index in [-0.39, 0.29) is 0 Å². The Labute approximate surface area is 197 Å². The van der Waals surface area contributed by atoms with Crippen molar-refractivity contribution in [2.24, 2.45) is 5.10 Å². The lowest BCUT2D eigenvalue weighted by atomic mass is 10.0. The number of hydrogen-bond acceptors (Lipinski definition) is 5. The van der Waals surface area contributed by atoms with Crippen LogP contribution in [0.4, 0.5) is 5.95 Å². The summed E-state index contributed by atoms with van der Waals surface area (Å²) in [7, 11) is 0. The van der Waals surface area contributed by atoms with Gasteiger partial charge in [0.2, 0.25) is 5.95 Å². The highest BCUT2D eigenvalue weighted by Gasteiger charge is 2.13. The highest BCUT2D eigenvalue weighted by atomic mass is 79.9. The first kappa shape index (κ1) is 19.6. The molecule has 158 valence electrons. The number of benzene rings is 4. The van der Waals surface area contributed by atoms with Crippen LogP contribution >= 0.6 is 15.9 Å². The van der Waals surface area contributed by atoms with Gasteiger partial charge in [0.1, 0.15) is 11.2 Å². The Kier molecular flexibility index (Phi) is 4.85. The normalized spacial score (nSPS) is 11.7. The molecule has 0 saturated heterocycles. The zero-order valence-corrected chi connectivity index (χ0v) is 19.0. The molecule has 1 N–H and O–H groups in total. The number of rotatable bonds is 4. The Hall–Kier alpha value is -4.03. The van der Waals surface area contributed by atoms with Crippen LogP contribution in [0.3, 0.4) is 0 Å². The minimum Gasteiger partial charge on any atom is -0.456 e. The number of hydrogen-bond donors (Lipinski definition) is 1. The zero-order chi connectivity index (χ0) is 22.2. The fourth-order valence-electron chi connectivity index (χ4n) is 3.97. The second kappa shape index (κ2) is 8.15. The highest BCUT2D eigenvalue weighted by Crippen LogP contribution is 2.34. The van der Waals surface area contributed by atoms with Crippen molar-refractivity contribution in [2.45, 2.75) is 0 Å². The Bertz CT molecular complexity index is 1670. The van der Waals surface area contributed by atoms with Gasteiger partial charge in [0, 0.05) is 26.2 Å². The molecule has 0 unspecified atom stereocenters. The predicted octanol–water partition coefficient (Wildman–Crippen LogP) is 7.40. The molecule has 0 bridgehead atoms. The van der Waals surface area contributed by atoms with E-state index >= 15 is 0 Å². The van der Waals surface area contributed by atoms with Crippen LogP contribution in [-0.4, -0.2) is 16.2 Å². The third-order valence-corrected chi connectivity index (χ3v) is 5.98.